The van der Waals surface area contributed by atoms with Gasteiger partial charge in [0.15, 0.2) is 12.4 Å². The number of rotatable bonds is 6. The summed E-state index contributed by atoms with van der Waals surface area (Å²) in [5.74, 6) is 0. The van der Waals surface area contributed by atoms with Crippen molar-refractivity contribution in [1.29, 1.82) is 0 Å². The van der Waals surface area contributed by atoms with Crippen LogP contribution in [0.3, 0.4) is 0 Å². The second-order valence-corrected chi connectivity index (χ2v) is 7.23. The molecule has 0 fully saturated rings. The normalized spacial score (nSPS) is 11.7. The van der Waals surface area contributed by atoms with Crippen molar-refractivity contribution >= 4 is 11.8 Å². The Labute approximate surface area is 178 Å². The Morgan fingerprint density at radius 3 is 2.00 bits per heavy atom. The van der Waals surface area contributed by atoms with Crippen LogP contribution in [-0.4, -0.2) is 6.21 Å². The van der Waals surface area contributed by atoms with Crippen molar-refractivity contribution in [2.24, 2.45) is 4.99 Å². The SMILES string of the molecule is C/C(=C\C=NCc1ccccc1)c1ccc(-c2cc[n+](-c3ccccc3)cc2)cc1. The molecule has 0 aliphatic carbocycles. The first-order valence-electron chi connectivity index (χ1n) is 10.2. The summed E-state index contributed by atoms with van der Waals surface area (Å²) in [6.07, 6.45) is 8.18. The van der Waals surface area contributed by atoms with Gasteiger partial charge in [0.05, 0.1) is 6.54 Å². The molecule has 0 aliphatic heterocycles. The van der Waals surface area contributed by atoms with E-state index < -0.39 is 0 Å². The molecule has 0 spiro atoms. The van der Waals surface area contributed by atoms with Crippen molar-refractivity contribution in [3.63, 3.8) is 0 Å². The van der Waals surface area contributed by atoms with E-state index in [0.717, 1.165) is 5.69 Å². The molecule has 1 aromatic heterocycles. The predicted octanol–water partition coefficient (Wildman–Crippen LogP) is 6.30. The third kappa shape index (κ3) is 4.98. The third-order valence-corrected chi connectivity index (χ3v) is 5.10. The van der Waals surface area contributed by atoms with Crippen molar-refractivity contribution in [1.82, 2.24) is 0 Å². The van der Waals surface area contributed by atoms with Crippen LogP contribution in [0.2, 0.25) is 0 Å². The summed E-state index contributed by atoms with van der Waals surface area (Å²) >= 11 is 0. The molecule has 0 atom stereocenters. The fourth-order valence-electron chi connectivity index (χ4n) is 3.32. The molecule has 4 rings (SSSR count). The van der Waals surface area contributed by atoms with E-state index in [0.29, 0.717) is 6.54 Å². The number of aromatic nitrogens is 1. The zero-order valence-electron chi connectivity index (χ0n) is 17.1. The average Bonchev–Trinajstić information content (AvgIpc) is 2.83. The maximum atomic E-state index is 4.50. The highest BCUT2D eigenvalue weighted by Crippen LogP contribution is 2.21. The van der Waals surface area contributed by atoms with Crippen LogP contribution >= 0.6 is 0 Å². The molecule has 0 N–H and O–H groups in total. The van der Waals surface area contributed by atoms with Gasteiger partial charge < -0.3 is 0 Å². The van der Waals surface area contributed by atoms with Gasteiger partial charge in [-0.2, -0.15) is 4.57 Å². The third-order valence-electron chi connectivity index (χ3n) is 5.10. The number of para-hydroxylation sites is 1. The van der Waals surface area contributed by atoms with E-state index in [1.165, 1.54) is 27.8 Å². The molecule has 4 aromatic rings. The minimum absolute atomic E-state index is 0.709. The number of benzene rings is 3. The predicted molar refractivity (Wildman–Crippen MR) is 126 cm³/mol. The fourth-order valence-corrected chi connectivity index (χ4v) is 3.32. The van der Waals surface area contributed by atoms with Crippen LogP contribution in [0, 0.1) is 0 Å². The van der Waals surface area contributed by atoms with Crippen molar-refractivity contribution < 1.29 is 4.57 Å². The molecule has 0 saturated heterocycles. The molecule has 1 heterocycles. The van der Waals surface area contributed by atoms with Gasteiger partial charge in [0, 0.05) is 30.5 Å². The lowest BCUT2D eigenvalue weighted by atomic mass is 10.0. The van der Waals surface area contributed by atoms with Crippen LogP contribution in [-0.2, 0) is 6.54 Å². The molecule has 2 heteroatoms. The first kappa shape index (κ1) is 19.5. The largest absolute Gasteiger partial charge is 0.288 e. The number of hydrogen-bond donors (Lipinski definition) is 0. The summed E-state index contributed by atoms with van der Waals surface area (Å²) in [7, 11) is 0. The highest BCUT2D eigenvalue weighted by atomic mass is 14.9. The second-order valence-electron chi connectivity index (χ2n) is 7.23. The first-order chi connectivity index (χ1) is 14.8. The van der Waals surface area contributed by atoms with Crippen LogP contribution < -0.4 is 4.57 Å². The van der Waals surface area contributed by atoms with Crippen molar-refractivity contribution in [3.8, 4) is 16.8 Å². The van der Waals surface area contributed by atoms with Crippen LogP contribution in [0.15, 0.2) is 121 Å². The number of allylic oxidation sites excluding steroid dienone is 2. The highest BCUT2D eigenvalue weighted by molar-refractivity contribution is 5.84. The second kappa shape index (κ2) is 9.62. The molecule has 0 amide bonds. The van der Waals surface area contributed by atoms with Crippen molar-refractivity contribution in [3.05, 3.63) is 127 Å². The fraction of sp³-hybridized carbons (Fsp3) is 0.0714. The molecule has 146 valence electrons. The van der Waals surface area contributed by atoms with Gasteiger partial charge in [0.2, 0.25) is 5.69 Å². The summed E-state index contributed by atoms with van der Waals surface area (Å²) in [6.45, 7) is 2.83. The molecule has 0 bridgehead atoms. The van der Waals surface area contributed by atoms with Gasteiger partial charge in [0.1, 0.15) is 0 Å². The Morgan fingerprint density at radius 1 is 0.733 bits per heavy atom. The number of pyridine rings is 1. The number of nitrogens with zero attached hydrogens (tertiary/aromatic N) is 2. The van der Waals surface area contributed by atoms with Crippen molar-refractivity contribution in [2.45, 2.75) is 13.5 Å². The molecule has 2 nitrogen and oxygen atoms in total. The van der Waals surface area contributed by atoms with Crippen LogP contribution in [0.25, 0.3) is 22.4 Å². The summed E-state index contributed by atoms with van der Waals surface area (Å²) in [5, 5.41) is 0. The minimum atomic E-state index is 0.709. The monoisotopic (exact) mass is 389 g/mol. The molecule has 0 aliphatic rings. The molecule has 0 radical (unpaired) electrons. The maximum Gasteiger partial charge on any atom is 0.210 e. The van der Waals surface area contributed by atoms with Crippen LogP contribution in [0.5, 0.6) is 0 Å². The Bertz CT molecular complexity index is 1120. The molecular weight excluding hydrogens is 364 g/mol. The number of hydrogen-bond acceptors (Lipinski definition) is 1. The van der Waals surface area contributed by atoms with Crippen LogP contribution in [0.1, 0.15) is 18.1 Å². The topological polar surface area (TPSA) is 16.2 Å². The zero-order chi connectivity index (χ0) is 20.6. The van der Waals surface area contributed by atoms with Gasteiger partial charge in [0.25, 0.3) is 0 Å². The molecular formula is C28H25N2+. The van der Waals surface area contributed by atoms with E-state index in [-0.39, 0.29) is 0 Å². The summed E-state index contributed by atoms with van der Waals surface area (Å²) in [6, 6.07) is 33.7. The van der Waals surface area contributed by atoms with Gasteiger partial charge in [-0.25, -0.2) is 0 Å². The molecule has 30 heavy (non-hydrogen) atoms. The standard InChI is InChI=1S/C28H25N2/c1-23(16-19-29-22-24-8-4-2-5-9-24)25-12-14-26(15-13-25)27-17-20-30(21-18-27)28-10-6-3-7-11-28/h2-21H,22H2,1H3/q+1/b23-16+,29-19?. The van der Waals surface area contributed by atoms with E-state index in [4.69, 9.17) is 0 Å². The Balaban J connectivity index is 1.42. The van der Waals surface area contributed by atoms with E-state index in [2.05, 4.69) is 108 Å². The van der Waals surface area contributed by atoms with E-state index in [1.807, 2.05) is 30.5 Å². The van der Waals surface area contributed by atoms with Gasteiger partial charge in [-0.1, -0.05) is 72.8 Å². The van der Waals surface area contributed by atoms with Gasteiger partial charge in [-0.3, -0.25) is 4.99 Å². The van der Waals surface area contributed by atoms with E-state index >= 15 is 0 Å². The zero-order valence-corrected chi connectivity index (χ0v) is 17.1. The summed E-state index contributed by atoms with van der Waals surface area (Å²) in [4.78, 5) is 4.50. The van der Waals surface area contributed by atoms with Crippen molar-refractivity contribution in [2.75, 3.05) is 0 Å². The van der Waals surface area contributed by atoms with E-state index in [9.17, 15) is 0 Å². The lowest BCUT2D eigenvalue weighted by Crippen LogP contribution is -2.28. The average molecular weight is 390 g/mol. The summed E-state index contributed by atoms with van der Waals surface area (Å²) < 4.78 is 2.12. The quantitative estimate of drug-likeness (QED) is 0.272. The van der Waals surface area contributed by atoms with E-state index in [1.54, 1.807) is 0 Å². The van der Waals surface area contributed by atoms with Crippen LogP contribution in [0.4, 0.5) is 0 Å². The Kier molecular flexibility index (Phi) is 6.26. The Hall–Kier alpha value is -3.78. The van der Waals surface area contributed by atoms with Gasteiger partial charge >= 0.3 is 0 Å². The lowest BCUT2D eigenvalue weighted by molar-refractivity contribution is -0.595. The molecule has 0 saturated carbocycles. The molecule has 0 unspecified atom stereocenters. The number of aliphatic imine (C=N–C) groups is 1. The Morgan fingerprint density at radius 2 is 1.33 bits per heavy atom. The first-order valence-corrected chi connectivity index (χ1v) is 10.2. The minimum Gasteiger partial charge on any atom is -0.288 e. The maximum absolute atomic E-state index is 4.50. The van der Waals surface area contributed by atoms with Gasteiger partial charge in [-0.15, -0.1) is 0 Å². The lowest BCUT2D eigenvalue weighted by Gasteiger charge is -2.04. The highest BCUT2D eigenvalue weighted by Gasteiger charge is 2.06. The summed E-state index contributed by atoms with van der Waals surface area (Å²) in [5.41, 5.74) is 7.22. The smallest absolute Gasteiger partial charge is 0.210 e. The van der Waals surface area contributed by atoms with Gasteiger partial charge in [-0.05, 0) is 40.8 Å². The molecule has 3 aromatic carbocycles.